The first-order valence-corrected chi connectivity index (χ1v) is 7.66. The zero-order chi connectivity index (χ0) is 15.3. The third-order valence-corrected chi connectivity index (χ3v) is 3.37. The standard InChI is InChI=1S/C16H22Cl2O2/c1-5-6-7-14(20-15(19)16(2,3)4)11-8-12(17)10-13(18)9-11/h8-10,14H,5-7H2,1-4H3. The number of carbonyl (C=O) groups excluding carboxylic acids is 1. The molecule has 1 unspecified atom stereocenters. The lowest BCUT2D eigenvalue weighted by molar-refractivity contribution is -0.159. The predicted molar refractivity (Wildman–Crippen MR) is 84.3 cm³/mol. The van der Waals surface area contributed by atoms with Crippen molar-refractivity contribution in [1.29, 1.82) is 0 Å². The third kappa shape index (κ3) is 5.34. The van der Waals surface area contributed by atoms with Gasteiger partial charge in [-0.15, -0.1) is 0 Å². The van der Waals surface area contributed by atoms with Crippen LogP contribution in [0.3, 0.4) is 0 Å². The zero-order valence-corrected chi connectivity index (χ0v) is 14.0. The highest BCUT2D eigenvalue weighted by atomic mass is 35.5. The molecule has 0 spiro atoms. The Morgan fingerprint density at radius 1 is 1.20 bits per heavy atom. The van der Waals surface area contributed by atoms with Gasteiger partial charge in [-0.2, -0.15) is 0 Å². The summed E-state index contributed by atoms with van der Waals surface area (Å²) in [5.74, 6) is -0.213. The Labute approximate surface area is 131 Å². The first-order chi connectivity index (χ1) is 9.24. The molecule has 0 aliphatic carbocycles. The van der Waals surface area contributed by atoms with Gasteiger partial charge in [0.15, 0.2) is 0 Å². The summed E-state index contributed by atoms with van der Waals surface area (Å²) in [5, 5.41) is 1.11. The van der Waals surface area contributed by atoms with Crippen molar-refractivity contribution < 1.29 is 9.53 Å². The molecule has 0 aliphatic heterocycles. The molecular weight excluding hydrogens is 295 g/mol. The van der Waals surface area contributed by atoms with E-state index < -0.39 is 5.41 Å². The van der Waals surface area contributed by atoms with Gasteiger partial charge in [-0.05, 0) is 57.4 Å². The van der Waals surface area contributed by atoms with Crippen molar-refractivity contribution in [3.05, 3.63) is 33.8 Å². The summed E-state index contributed by atoms with van der Waals surface area (Å²) < 4.78 is 5.66. The van der Waals surface area contributed by atoms with Gasteiger partial charge in [-0.3, -0.25) is 4.79 Å². The van der Waals surface area contributed by atoms with E-state index in [1.165, 1.54) is 0 Å². The van der Waals surface area contributed by atoms with E-state index in [2.05, 4.69) is 6.92 Å². The van der Waals surface area contributed by atoms with Crippen LogP contribution in [0.25, 0.3) is 0 Å². The van der Waals surface area contributed by atoms with Gasteiger partial charge >= 0.3 is 5.97 Å². The van der Waals surface area contributed by atoms with Crippen molar-refractivity contribution in [3.8, 4) is 0 Å². The van der Waals surface area contributed by atoms with Crippen LogP contribution < -0.4 is 0 Å². The van der Waals surface area contributed by atoms with Gasteiger partial charge in [-0.25, -0.2) is 0 Å². The molecular formula is C16H22Cl2O2. The Kier molecular flexibility index (Phi) is 6.35. The van der Waals surface area contributed by atoms with Gasteiger partial charge in [0.2, 0.25) is 0 Å². The van der Waals surface area contributed by atoms with Crippen LogP contribution in [0, 0.1) is 5.41 Å². The summed E-state index contributed by atoms with van der Waals surface area (Å²) in [4.78, 5) is 12.1. The maximum absolute atomic E-state index is 12.1. The lowest BCUT2D eigenvalue weighted by Gasteiger charge is -2.24. The van der Waals surface area contributed by atoms with Crippen LogP contribution in [0.5, 0.6) is 0 Å². The van der Waals surface area contributed by atoms with Crippen LogP contribution in [-0.4, -0.2) is 5.97 Å². The van der Waals surface area contributed by atoms with Crippen LogP contribution in [0.15, 0.2) is 18.2 Å². The molecule has 112 valence electrons. The molecule has 1 rings (SSSR count). The second-order valence-corrected chi connectivity index (χ2v) is 6.86. The first kappa shape index (κ1) is 17.3. The first-order valence-electron chi connectivity index (χ1n) is 6.91. The maximum atomic E-state index is 12.1. The number of unbranched alkanes of at least 4 members (excludes halogenated alkanes) is 1. The van der Waals surface area contributed by atoms with Crippen molar-refractivity contribution in [3.63, 3.8) is 0 Å². The minimum atomic E-state index is -0.521. The Hall–Kier alpha value is -0.730. The van der Waals surface area contributed by atoms with E-state index in [0.717, 1.165) is 24.8 Å². The van der Waals surface area contributed by atoms with E-state index in [0.29, 0.717) is 10.0 Å². The van der Waals surface area contributed by atoms with Crippen LogP contribution in [-0.2, 0) is 9.53 Å². The number of hydrogen-bond acceptors (Lipinski definition) is 2. The van der Waals surface area contributed by atoms with Crippen LogP contribution in [0.4, 0.5) is 0 Å². The molecule has 2 nitrogen and oxygen atoms in total. The monoisotopic (exact) mass is 316 g/mol. The SMILES string of the molecule is CCCCC(OC(=O)C(C)(C)C)c1cc(Cl)cc(Cl)c1. The molecule has 0 radical (unpaired) electrons. The maximum Gasteiger partial charge on any atom is 0.311 e. The average Bonchev–Trinajstić information content (AvgIpc) is 2.31. The zero-order valence-electron chi connectivity index (χ0n) is 12.5. The summed E-state index contributed by atoms with van der Waals surface area (Å²) in [6, 6.07) is 5.29. The van der Waals surface area contributed by atoms with Crippen molar-refractivity contribution in [2.45, 2.75) is 53.1 Å². The second-order valence-electron chi connectivity index (χ2n) is 5.99. The van der Waals surface area contributed by atoms with Crippen molar-refractivity contribution in [2.24, 2.45) is 5.41 Å². The van der Waals surface area contributed by atoms with Gasteiger partial charge in [0.25, 0.3) is 0 Å². The van der Waals surface area contributed by atoms with E-state index in [4.69, 9.17) is 27.9 Å². The van der Waals surface area contributed by atoms with E-state index in [9.17, 15) is 4.79 Å². The molecule has 1 aromatic carbocycles. The number of halogens is 2. The van der Waals surface area contributed by atoms with Gasteiger partial charge in [0.1, 0.15) is 6.10 Å². The number of esters is 1. The molecule has 0 fully saturated rings. The molecule has 4 heteroatoms. The lowest BCUT2D eigenvalue weighted by atomic mass is 9.96. The predicted octanol–water partition coefficient (Wildman–Crippen LogP) is 5.81. The van der Waals surface area contributed by atoms with Crippen LogP contribution in [0.1, 0.15) is 58.6 Å². The highest BCUT2D eigenvalue weighted by molar-refractivity contribution is 6.34. The fourth-order valence-electron chi connectivity index (χ4n) is 1.75. The fraction of sp³-hybridized carbons (Fsp3) is 0.562. The molecule has 0 bridgehead atoms. The third-order valence-electron chi connectivity index (χ3n) is 2.94. The molecule has 1 atom stereocenters. The Morgan fingerprint density at radius 3 is 2.20 bits per heavy atom. The molecule has 0 amide bonds. The number of carbonyl (C=O) groups is 1. The lowest BCUT2D eigenvalue weighted by Crippen LogP contribution is -2.25. The minimum absolute atomic E-state index is 0.213. The van der Waals surface area contributed by atoms with E-state index in [-0.39, 0.29) is 12.1 Å². The number of rotatable bonds is 5. The van der Waals surface area contributed by atoms with E-state index in [1.807, 2.05) is 32.9 Å². The van der Waals surface area contributed by atoms with Crippen molar-refractivity contribution in [1.82, 2.24) is 0 Å². The molecule has 0 heterocycles. The van der Waals surface area contributed by atoms with E-state index >= 15 is 0 Å². The summed E-state index contributed by atoms with van der Waals surface area (Å²) in [6.45, 7) is 7.64. The molecule has 0 aliphatic rings. The average molecular weight is 317 g/mol. The molecule has 0 aromatic heterocycles. The van der Waals surface area contributed by atoms with Gasteiger partial charge in [0.05, 0.1) is 5.41 Å². The normalized spacial score (nSPS) is 13.1. The Bertz CT molecular complexity index is 444. The number of hydrogen-bond donors (Lipinski definition) is 0. The summed E-state index contributed by atoms with van der Waals surface area (Å²) >= 11 is 12.1. The topological polar surface area (TPSA) is 26.3 Å². The Morgan fingerprint density at radius 2 is 1.75 bits per heavy atom. The molecule has 20 heavy (non-hydrogen) atoms. The smallest absolute Gasteiger partial charge is 0.311 e. The van der Waals surface area contributed by atoms with Crippen LogP contribution >= 0.6 is 23.2 Å². The second kappa shape index (κ2) is 7.33. The van der Waals surface area contributed by atoms with Crippen LogP contribution in [0.2, 0.25) is 10.0 Å². The van der Waals surface area contributed by atoms with Crippen molar-refractivity contribution >= 4 is 29.2 Å². The summed E-state index contributed by atoms with van der Waals surface area (Å²) in [6.07, 6.45) is 2.50. The summed E-state index contributed by atoms with van der Waals surface area (Å²) in [7, 11) is 0. The number of benzene rings is 1. The molecule has 0 saturated carbocycles. The van der Waals surface area contributed by atoms with Crippen molar-refractivity contribution in [2.75, 3.05) is 0 Å². The van der Waals surface area contributed by atoms with Gasteiger partial charge < -0.3 is 4.74 Å². The number of ether oxygens (including phenoxy) is 1. The largest absolute Gasteiger partial charge is 0.457 e. The quantitative estimate of drug-likeness (QED) is 0.640. The Balaban J connectivity index is 2.96. The fourth-order valence-corrected chi connectivity index (χ4v) is 2.29. The minimum Gasteiger partial charge on any atom is -0.457 e. The summed E-state index contributed by atoms with van der Waals surface area (Å²) in [5.41, 5.74) is 0.334. The highest BCUT2D eigenvalue weighted by Gasteiger charge is 2.27. The molecule has 1 aromatic rings. The van der Waals surface area contributed by atoms with Gasteiger partial charge in [-0.1, -0.05) is 36.5 Å². The molecule has 0 N–H and O–H groups in total. The highest BCUT2D eigenvalue weighted by Crippen LogP contribution is 2.31. The van der Waals surface area contributed by atoms with Gasteiger partial charge in [0, 0.05) is 10.0 Å². The van der Waals surface area contributed by atoms with E-state index in [1.54, 1.807) is 6.07 Å². The molecule has 0 saturated heterocycles.